The molecule has 1 unspecified atom stereocenters. The third kappa shape index (κ3) is 6.37. The number of likely N-dealkylation sites (tertiary alicyclic amines) is 1. The van der Waals surface area contributed by atoms with Crippen molar-refractivity contribution in [2.24, 2.45) is 44.3 Å². The maximum atomic E-state index is 13.3. The Morgan fingerprint density at radius 2 is 1.76 bits per heavy atom. The fraction of sp³-hybridized carbons (Fsp3) is 0.795. The Hall–Kier alpha value is -2.26. The number of aliphatic hydroxyl groups excluding tert-OH is 1. The summed E-state index contributed by atoms with van der Waals surface area (Å²) in [6.45, 7) is 22.9. The van der Waals surface area contributed by atoms with Gasteiger partial charge >= 0.3 is 0 Å². The van der Waals surface area contributed by atoms with Gasteiger partial charge in [0, 0.05) is 30.3 Å². The number of rotatable bonds is 8. The number of Topliss-reactive ketones (excluding diaryl/α,β-unsaturated/α-hetero) is 1. The van der Waals surface area contributed by atoms with Crippen LogP contribution >= 0.6 is 0 Å². The van der Waals surface area contributed by atoms with Crippen LogP contribution in [0.2, 0.25) is 0 Å². The molecule has 0 aromatic heterocycles. The first-order valence-electron chi connectivity index (χ1n) is 17.5. The van der Waals surface area contributed by atoms with E-state index in [1.165, 1.54) is 0 Å². The van der Waals surface area contributed by atoms with Gasteiger partial charge in [0.15, 0.2) is 11.6 Å². The van der Waals surface area contributed by atoms with Crippen LogP contribution in [0.1, 0.15) is 133 Å². The molecule has 0 bridgehead atoms. The Bertz CT molecular complexity index is 1310. The highest BCUT2D eigenvalue weighted by atomic mass is 16.3. The first-order valence-corrected chi connectivity index (χ1v) is 17.5. The van der Waals surface area contributed by atoms with Crippen molar-refractivity contribution in [3.05, 3.63) is 23.3 Å². The lowest BCUT2D eigenvalue weighted by Crippen LogP contribution is -2.56. The fourth-order valence-corrected chi connectivity index (χ4v) is 10.3. The molecule has 6 nitrogen and oxygen atoms in total. The van der Waals surface area contributed by atoms with Gasteiger partial charge in [-0.3, -0.25) is 14.4 Å². The zero-order valence-corrected chi connectivity index (χ0v) is 29.9. The highest BCUT2D eigenvalue weighted by Crippen LogP contribution is 2.67. The molecule has 3 aliphatic carbocycles. The number of hydrogen-bond donors (Lipinski definition) is 1. The molecule has 6 heteroatoms. The van der Waals surface area contributed by atoms with Crippen molar-refractivity contribution < 1.29 is 19.5 Å². The van der Waals surface area contributed by atoms with E-state index in [2.05, 4.69) is 54.5 Å². The monoisotopic (exact) mass is 620 g/mol. The fourth-order valence-electron chi connectivity index (χ4n) is 10.3. The SMILES string of the molecule is CC(=O)/C=C1/[C@@]2(C)C=C(C#N)C(=O)C(C)(C)[C@@H]2CC[C@@]1(C)C(C)(C)CC[C@@]1(CCC(=O)N2CC[C@H](O)C2)CCC(C)(C)CC1C. The number of β-amino-alcohol motifs (C(OH)–C–C–N with tert-alkyl or cyclic N) is 1. The smallest absolute Gasteiger partial charge is 0.222 e. The second kappa shape index (κ2) is 12.1. The van der Waals surface area contributed by atoms with Crippen LogP contribution in [-0.4, -0.2) is 46.7 Å². The van der Waals surface area contributed by atoms with Gasteiger partial charge in [-0.05, 0) is 104 Å². The molecule has 0 radical (unpaired) electrons. The van der Waals surface area contributed by atoms with Gasteiger partial charge in [-0.15, -0.1) is 0 Å². The molecule has 1 N–H and O–H groups in total. The van der Waals surface area contributed by atoms with E-state index in [0.717, 1.165) is 56.9 Å². The van der Waals surface area contributed by atoms with Crippen molar-refractivity contribution in [3.63, 3.8) is 0 Å². The molecule has 3 fully saturated rings. The van der Waals surface area contributed by atoms with Crippen LogP contribution in [0.4, 0.5) is 0 Å². The summed E-state index contributed by atoms with van der Waals surface area (Å²) >= 11 is 0. The largest absolute Gasteiger partial charge is 0.391 e. The highest BCUT2D eigenvalue weighted by Gasteiger charge is 2.61. The number of nitriles is 1. The van der Waals surface area contributed by atoms with E-state index >= 15 is 0 Å². The minimum Gasteiger partial charge on any atom is -0.391 e. The Labute approximate surface area is 273 Å². The van der Waals surface area contributed by atoms with Crippen LogP contribution in [0.3, 0.4) is 0 Å². The summed E-state index contributed by atoms with van der Waals surface area (Å²) in [5.74, 6) is 0.564. The van der Waals surface area contributed by atoms with Gasteiger partial charge in [0.2, 0.25) is 5.91 Å². The summed E-state index contributed by atoms with van der Waals surface area (Å²) < 4.78 is 0. The normalized spacial score (nSPS) is 37.2. The number of fused-ring (bicyclic) bond motifs is 1. The van der Waals surface area contributed by atoms with Crippen LogP contribution in [0.25, 0.3) is 0 Å². The minimum absolute atomic E-state index is 0.000613. The molecule has 1 amide bonds. The number of carbonyl (C=O) groups is 3. The molecule has 1 saturated heterocycles. The standard InChI is InChI=1S/C39H60N2O4/c1-26-22-34(3,4)16-18-39(26,15-12-32(44)41-20-13-29(43)25-41)19-17-35(5,6)38(10)14-11-30-36(7,8)33(45)28(24-40)23-37(30,9)31(38)21-27(2)42/h21,23,26,29-30,43H,11-20,22,25H2,1-10H3/b31-21-/t26?,29-,30-,37-,38+,39+/m0/s1. The summed E-state index contributed by atoms with van der Waals surface area (Å²) in [4.78, 5) is 41.3. The van der Waals surface area contributed by atoms with Gasteiger partial charge in [-0.25, -0.2) is 0 Å². The lowest BCUT2D eigenvalue weighted by molar-refractivity contribution is -0.132. The summed E-state index contributed by atoms with van der Waals surface area (Å²) in [7, 11) is 0. The molecule has 6 atom stereocenters. The Morgan fingerprint density at radius 3 is 2.31 bits per heavy atom. The average molecular weight is 621 g/mol. The maximum Gasteiger partial charge on any atom is 0.222 e. The van der Waals surface area contributed by atoms with Gasteiger partial charge in [0.1, 0.15) is 6.07 Å². The van der Waals surface area contributed by atoms with Gasteiger partial charge in [0.05, 0.1) is 11.7 Å². The molecule has 1 aliphatic heterocycles. The zero-order chi connectivity index (χ0) is 33.8. The van der Waals surface area contributed by atoms with E-state index in [0.29, 0.717) is 31.8 Å². The second-order valence-electron chi connectivity index (χ2n) is 17.9. The summed E-state index contributed by atoms with van der Waals surface area (Å²) in [5.41, 5.74) is -0.166. The first-order chi connectivity index (χ1) is 20.6. The lowest BCUT2D eigenvalue weighted by Gasteiger charge is -2.61. The third-order valence-electron chi connectivity index (χ3n) is 13.7. The molecule has 1 heterocycles. The van der Waals surface area contributed by atoms with Crippen molar-refractivity contribution in [3.8, 4) is 6.07 Å². The van der Waals surface area contributed by atoms with Gasteiger partial charge < -0.3 is 10.0 Å². The van der Waals surface area contributed by atoms with Gasteiger partial charge in [-0.2, -0.15) is 5.26 Å². The third-order valence-corrected chi connectivity index (χ3v) is 13.7. The maximum absolute atomic E-state index is 13.3. The van der Waals surface area contributed by atoms with E-state index in [-0.39, 0.29) is 50.6 Å². The Morgan fingerprint density at radius 1 is 1.09 bits per heavy atom. The van der Waals surface area contributed by atoms with E-state index in [9.17, 15) is 24.8 Å². The van der Waals surface area contributed by atoms with Crippen LogP contribution in [0.5, 0.6) is 0 Å². The molecular weight excluding hydrogens is 560 g/mol. The number of nitrogens with zero attached hydrogens (tertiary/aromatic N) is 2. The summed E-state index contributed by atoms with van der Waals surface area (Å²) in [6.07, 6.45) is 12.5. The summed E-state index contributed by atoms with van der Waals surface area (Å²) in [6, 6.07) is 2.19. The average Bonchev–Trinajstić information content (AvgIpc) is 3.38. The molecule has 2 saturated carbocycles. The quantitative estimate of drug-likeness (QED) is 0.277. The van der Waals surface area contributed by atoms with Gasteiger partial charge in [-0.1, -0.05) is 74.0 Å². The molecule has 4 rings (SSSR count). The van der Waals surface area contributed by atoms with E-state index < -0.39 is 16.9 Å². The second-order valence-corrected chi connectivity index (χ2v) is 17.9. The van der Waals surface area contributed by atoms with Crippen molar-refractivity contribution in [2.45, 2.75) is 140 Å². The van der Waals surface area contributed by atoms with Crippen LogP contribution in [0, 0.1) is 55.7 Å². The minimum atomic E-state index is -0.692. The lowest BCUT2D eigenvalue weighted by atomic mass is 9.42. The number of allylic oxidation sites excluding steroid dienone is 4. The number of carbonyl (C=O) groups excluding carboxylic acids is 3. The molecule has 4 aliphatic rings. The van der Waals surface area contributed by atoms with Crippen molar-refractivity contribution >= 4 is 17.5 Å². The zero-order valence-electron chi connectivity index (χ0n) is 29.9. The number of ketones is 2. The Kier molecular flexibility index (Phi) is 9.55. The summed E-state index contributed by atoms with van der Waals surface area (Å²) in [5, 5.41) is 20.0. The predicted molar refractivity (Wildman–Crippen MR) is 179 cm³/mol. The molecular formula is C39H60N2O4. The van der Waals surface area contributed by atoms with Crippen LogP contribution < -0.4 is 0 Å². The van der Waals surface area contributed by atoms with Gasteiger partial charge in [0.25, 0.3) is 0 Å². The number of amides is 1. The van der Waals surface area contributed by atoms with E-state index in [1.807, 2.05) is 30.9 Å². The molecule has 250 valence electrons. The van der Waals surface area contributed by atoms with Crippen molar-refractivity contribution in [1.82, 2.24) is 4.90 Å². The molecule has 0 spiro atoms. The number of hydrogen-bond acceptors (Lipinski definition) is 5. The number of aliphatic hydroxyl groups is 1. The molecule has 45 heavy (non-hydrogen) atoms. The van der Waals surface area contributed by atoms with Crippen LogP contribution in [-0.2, 0) is 14.4 Å². The van der Waals surface area contributed by atoms with Crippen molar-refractivity contribution in [2.75, 3.05) is 13.1 Å². The van der Waals surface area contributed by atoms with Crippen molar-refractivity contribution in [1.29, 1.82) is 5.26 Å². The van der Waals surface area contributed by atoms with Crippen LogP contribution in [0.15, 0.2) is 23.3 Å². The molecule has 0 aromatic rings. The van der Waals surface area contributed by atoms with E-state index in [4.69, 9.17) is 0 Å². The first kappa shape index (κ1) is 35.6. The predicted octanol–water partition coefficient (Wildman–Crippen LogP) is 8.00. The highest BCUT2D eigenvalue weighted by molar-refractivity contribution is 6.04. The molecule has 0 aromatic carbocycles. The Balaban J connectivity index is 1.67. The topological polar surface area (TPSA) is 98.5 Å². The van der Waals surface area contributed by atoms with E-state index in [1.54, 1.807) is 6.92 Å².